The summed E-state index contributed by atoms with van der Waals surface area (Å²) in [4.78, 5) is 10.3. The van der Waals surface area contributed by atoms with Crippen LogP contribution in [-0.2, 0) is 4.79 Å². The molecule has 0 aromatic heterocycles. The highest BCUT2D eigenvalue weighted by Gasteiger charge is 1.94. The number of hydrogen-bond acceptors (Lipinski definition) is 1. The van der Waals surface area contributed by atoms with Crippen LogP contribution < -0.4 is 0 Å². The lowest BCUT2D eigenvalue weighted by molar-refractivity contribution is -0.137. The topological polar surface area (TPSA) is 37.3 Å². The van der Waals surface area contributed by atoms with Crippen LogP contribution in [0.25, 0.3) is 0 Å². The Kier molecular flexibility index (Phi) is 16.7. The van der Waals surface area contributed by atoms with Gasteiger partial charge in [0, 0.05) is 6.42 Å². The van der Waals surface area contributed by atoms with E-state index in [4.69, 9.17) is 5.11 Å². The summed E-state index contributed by atoms with van der Waals surface area (Å²) in [6.45, 7) is 2.23. The molecule has 126 valence electrons. The van der Waals surface area contributed by atoms with E-state index in [1.807, 2.05) is 0 Å². The molecule has 2 nitrogen and oxygen atoms in total. The molecule has 22 heavy (non-hydrogen) atoms. The second kappa shape index (κ2) is 17.7. The molecule has 0 fully saturated rings. The zero-order chi connectivity index (χ0) is 16.3. The molecule has 0 saturated carbocycles. The van der Waals surface area contributed by atoms with Gasteiger partial charge in [-0.05, 0) is 51.4 Å². The van der Waals surface area contributed by atoms with Gasteiger partial charge in [0.25, 0.3) is 0 Å². The molecule has 1 N–H and O–H groups in total. The van der Waals surface area contributed by atoms with Gasteiger partial charge in [0.05, 0.1) is 0 Å². The number of allylic oxidation sites excluding steroid dienone is 6. The van der Waals surface area contributed by atoms with Crippen molar-refractivity contribution < 1.29 is 9.90 Å². The lowest BCUT2D eigenvalue weighted by atomic mass is 10.1. The first-order valence-corrected chi connectivity index (χ1v) is 8.95. The van der Waals surface area contributed by atoms with Gasteiger partial charge in [0.15, 0.2) is 0 Å². The van der Waals surface area contributed by atoms with Crippen molar-refractivity contribution in [2.24, 2.45) is 0 Å². The number of aliphatic carboxylic acids is 1. The zero-order valence-electron chi connectivity index (χ0n) is 14.3. The van der Waals surface area contributed by atoms with Gasteiger partial charge in [-0.1, -0.05) is 62.6 Å². The fourth-order valence-electron chi connectivity index (χ4n) is 2.17. The number of carboxylic acid groups (broad SMARTS) is 1. The van der Waals surface area contributed by atoms with E-state index in [0.717, 1.165) is 38.5 Å². The van der Waals surface area contributed by atoms with Gasteiger partial charge in [-0.2, -0.15) is 0 Å². The maximum absolute atomic E-state index is 10.3. The molecule has 0 saturated heterocycles. The van der Waals surface area contributed by atoms with Crippen LogP contribution >= 0.6 is 0 Å². The Morgan fingerprint density at radius 3 is 1.91 bits per heavy atom. The molecule has 2 heteroatoms. The highest BCUT2D eigenvalue weighted by atomic mass is 16.4. The second-order valence-corrected chi connectivity index (χ2v) is 5.75. The highest BCUT2D eigenvalue weighted by molar-refractivity contribution is 5.66. The van der Waals surface area contributed by atoms with Crippen LogP contribution in [0.3, 0.4) is 0 Å². The van der Waals surface area contributed by atoms with Gasteiger partial charge >= 0.3 is 5.97 Å². The van der Waals surface area contributed by atoms with E-state index in [-0.39, 0.29) is 0 Å². The van der Waals surface area contributed by atoms with Gasteiger partial charge in [0.2, 0.25) is 0 Å². The molecule has 0 rings (SSSR count). The van der Waals surface area contributed by atoms with Crippen LogP contribution in [0.15, 0.2) is 36.5 Å². The predicted molar refractivity (Wildman–Crippen MR) is 96.1 cm³/mol. The summed E-state index contributed by atoms with van der Waals surface area (Å²) >= 11 is 0. The smallest absolute Gasteiger partial charge is 0.303 e. The third-order valence-corrected chi connectivity index (χ3v) is 3.53. The SMILES string of the molecule is CCCCC/C=C/C=C/CCC/C=C/CCCCCC(=O)O. The fraction of sp³-hybridized carbons (Fsp3) is 0.650. The average molecular weight is 306 g/mol. The summed E-state index contributed by atoms with van der Waals surface area (Å²) in [5, 5.41) is 8.52. The van der Waals surface area contributed by atoms with Crippen molar-refractivity contribution in [3.63, 3.8) is 0 Å². The Labute approximate surface area is 137 Å². The summed E-state index contributed by atoms with van der Waals surface area (Å²) in [7, 11) is 0. The standard InChI is InChI=1S/C20H34O2/c1-2-3-4-5-6-7-8-9-10-11-12-13-14-15-16-17-18-19-20(21)22/h6-9,13-14H,2-5,10-12,15-19H2,1H3,(H,21,22)/b7-6+,9-8+,14-13+. The van der Waals surface area contributed by atoms with Crippen LogP contribution in [0.5, 0.6) is 0 Å². The molecule has 0 heterocycles. The molecule has 0 amide bonds. The molecule has 0 aliphatic rings. The number of carbonyl (C=O) groups is 1. The summed E-state index contributed by atoms with van der Waals surface area (Å²) < 4.78 is 0. The zero-order valence-corrected chi connectivity index (χ0v) is 14.3. The third kappa shape index (κ3) is 18.7. The highest BCUT2D eigenvalue weighted by Crippen LogP contribution is 2.05. The normalized spacial score (nSPS) is 12.0. The number of carboxylic acids is 1. The van der Waals surface area contributed by atoms with E-state index in [1.165, 1.54) is 32.1 Å². The van der Waals surface area contributed by atoms with Crippen LogP contribution in [0.1, 0.15) is 84.0 Å². The van der Waals surface area contributed by atoms with Crippen molar-refractivity contribution >= 4 is 5.97 Å². The van der Waals surface area contributed by atoms with Gasteiger partial charge in [-0.3, -0.25) is 4.79 Å². The van der Waals surface area contributed by atoms with Crippen molar-refractivity contribution in [3.05, 3.63) is 36.5 Å². The largest absolute Gasteiger partial charge is 0.481 e. The van der Waals surface area contributed by atoms with E-state index in [0.29, 0.717) is 6.42 Å². The Bertz CT molecular complexity index is 327. The van der Waals surface area contributed by atoms with E-state index >= 15 is 0 Å². The molecule has 0 spiro atoms. The predicted octanol–water partition coefficient (Wildman–Crippen LogP) is 6.44. The van der Waals surface area contributed by atoms with Crippen LogP contribution in [0, 0.1) is 0 Å². The van der Waals surface area contributed by atoms with Crippen LogP contribution in [-0.4, -0.2) is 11.1 Å². The number of rotatable bonds is 15. The summed E-state index contributed by atoms with van der Waals surface area (Å²) in [6.07, 6.45) is 26.3. The minimum atomic E-state index is -0.681. The molecule has 0 aromatic carbocycles. The average Bonchev–Trinajstić information content (AvgIpc) is 2.50. The maximum Gasteiger partial charge on any atom is 0.303 e. The summed E-state index contributed by atoms with van der Waals surface area (Å²) in [5.74, 6) is -0.681. The molecule has 0 bridgehead atoms. The molecule has 0 aliphatic heterocycles. The number of unbranched alkanes of at least 4 members (excludes halogenated alkanes) is 8. The van der Waals surface area contributed by atoms with Crippen molar-refractivity contribution in [2.75, 3.05) is 0 Å². The van der Waals surface area contributed by atoms with Gasteiger partial charge in [-0.15, -0.1) is 0 Å². The van der Waals surface area contributed by atoms with E-state index < -0.39 is 5.97 Å². The van der Waals surface area contributed by atoms with Crippen molar-refractivity contribution in [3.8, 4) is 0 Å². The lowest BCUT2D eigenvalue weighted by Crippen LogP contribution is -1.93. The second-order valence-electron chi connectivity index (χ2n) is 5.75. The summed E-state index contributed by atoms with van der Waals surface area (Å²) in [6, 6.07) is 0. The maximum atomic E-state index is 10.3. The summed E-state index contributed by atoms with van der Waals surface area (Å²) in [5.41, 5.74) is 0. The van der Waals surface area contributed by atoms with E-state index in [2.05, 4.69) is 43.4 Å². The monoisotopic (exact) mass is 306 g/mol. The first-order chi connectivity index (χ1) is 10.8. The molecular formula is C20H34O2. The molecule has 0 unspecified atom stereocenters. The third-order valence-electron chi connectivity index (χ3n) is 3.53. The fourth-order valence-corrected chi connectivity index (χ4v) is 2.17. The molecule has 0 radical (unpaired) electrons. The van der Waals surface area contributed by atoms with E-state index in [1.54, 1.807) is 0 Å². The van der Waals surface area contributed by atoms with Crippen molar-refractivity contribution in [1.82, 2.24) is 0 Å². The van der Waals surface area contributed by atoms with Crippen LogP contribution in [0.2, 0.25) is 0 Å². The Hall–Kier alpha value is -1.31. The molecule has 0 atom stereocenters. The minimum absolute atomic E-state index is 0.309. The van der Waals surface area contributed by atoms with Gasteiger partial charge in [-0.25, -0.2) is 0 Å². The lowest BCUT2D eigenvalue weighted by Gasteiger charge is -1.95. The molecule has 0 aliphatic carbocycles. The van der Waals surface area contributed by atoms with Gasteiger partial charge < -0.3 is 5.11 Å². The molecular weight excluding hydrogens is 272 g/mol. The first kappa shape index (κ1) is 20.7. The van der Waals surface area contributed by atoms with Crippen molar-refractivity contribution in [2.45, 2.75) is 84.0 Å². The minimum Gasteiger partial charge on any atom is -0.481 e. The van der Waals surface area contributed by atoms with Crippen LogP contribution in [0.4, 0.5) is 0 Å². The number of hydrogen-bond donors (Lipinski definition) is 1. The van der Waals surface area contributed by atoms with E-state index in [9.17, 15) is 4.79 Å². The Morgan fingerprint density at radius 1 is 0.727 bits per heavy atom. The molecule has 0 aromatic rings. The van der Waals surface area contributed by atoms with Gasteiger partial charge in [0.1, 0.15) is 0 Å². The Balaban J connectivity index is 3.27. The first-order valence-electron chi connectivity index (χ1n) is 8.95. The quantitative estimate of drug-likeness (QED) is 0.215. The van der Waals surface area contributed by atoms with Crippen molar-refractivity contribution in [1.29, 1.82) is 0 Å². The Morgan fingerprint density at radius 2 is 1.27 bits per heavy atom.